The fourth-order valence-electron chi connectivity index (χ4n) is 2.96. The van der Waals surface area contributed by atoms with E-state index in [-0.39, 0.29) is 11.9 Å². The zero-order valence-electron chi connectivity index (χ0n) is 14.6. The first-order chi connectivity index (χ1) is 12.6. The number of halogens is 1. The van der Waals surface area contributed by atoms with E-state index < -0.39 is 6.09 Å². The largest absolute Gasteiger partial charge is 0.442 e. The average Bonchev–Trinajstić information content (AvgIpc) is 3.02. The normalized spacial score (nSPS) is 20.7. The van der Waals surface area contributed by atoms with Gasteiger partial charge in [-0.15, -0.1) is 0 Å². The Labute approximate surface area is 151 Å². The zero-order valence-corrected chi connectivity index (χ0v) is 14.6. The summed E-state index contributed by atoms with van der Waals surface area (Å²) in [6, 6.07) is 6.97. The number of amidine groups is 1. The van der Waals surface area contributed by atoms with Crippen LogP contribution in [0.1, 0.15) is 6.92 Å². The average molecular weight is 360 g/mol. The van der Waals surface area contributed by atoms with Crippen LogP contribution in [-0.2, 0) is 9.47 Å². The second-order valence-electron chi connectivity index (χ2n) is 6.06. The van der Waals surface area contributed by atoms with Gasteiger partial charge in [0.25, 0.3) is 0 Å². The number of carbonyl (C=O) groups excluding carboxylic acids is 1. The van der Waals surface area contributed by atoms with Crippen molar-refractivity contribution in [2.75, 3.05) is 49.2 Å². The lowest BCUT2D eigenvalue weighted by Gasteiger charge is -2.29. The van der Waals surface area contributed by atoms with Gasteiger partial charge in [0.05, 0.1) is 37.7 Å². The van der Waals surface area contributed by atoms with Crippen molar-refractivity contribution >= 4 is 23.3 Å². The van der Waals surface area contributed by atoms with Crippen molar-refractivity contribution in [3.8, 4) is 12.5 Å². The van der Waals surface area contributed by atoms with Crippen LogP contribution in [0.4, 0.5) is 20.6 Å². The summed E-state index contributed by atoms with van der Waals surface area (Å²) in [6.07, 6.45) is 4.23. The Bertz CT molecular complexity index is 740. The van der Waals surface area contributed by atoms with Crippen LogP contribution in [0.3, 0.4) is 0 Å². The minimum absolute atomic E-state index is 0.325. The number of aliphatic imine (C=N–C) groups is 1. The number of morpholine rings is 1. The quantitative estimate of drug-likeness (QED) is 0.502. The number of carbonyl (C=O) groups is 1. The van der Waals surface area contributed by atoms with Crippen LogP contribution in [0.25, 0.3) is 0 Å². The minimum atomic E-state index is -0.498. The molecule has 0 radical (unpaired) electrons. The van der Waals surface area contributed by atoms with Gasteiger partial charge in [-0.3, -0.25) is 4.90 Å². The van der Waals surface area contributed by atoms with Gasteiger partial charge in [0, 0.05) is 19.1 Å². The number of benzene rings is 1. The van der Waals surface area contributed by atoms with Crippen LogP contribution in [0.5, 0.6) is 0 Å². The molecule has 0 bridgehead atoms. The minimum Gasteiger partial charge on any atom is -0.442 e. The second-order valence-corrected chi connectivity index (χ2v) is 6.06. The molecule has 2 aliphatic rings. The molecule has 1 aromatic rings. The van der Waals surface area contributed by atoms with Crippen LogP contribution < -0.4 is 15.1 Å². The molecule has 0 aromatic heterocycles. The Kier molecular flexibility index (Phi) is 5.58. The van der Waals surface area contributed by atoms with Crippen LogP contribution in [0, 0.1) is 18.3 Å². The smallest absolute Gasteiger partial charge is 0.414 e. The van der Waals surface area contributed by atoms with Gasteiger partial charge in [0.2, 0.25) is 0 Å². The summed E-state index contributed by atoms with van der Waals surface area (Å²) >= 11 is 0. The highest BCUT2D eigenvalue weighted by molar-refractivity contribution is 5.90. The maximum absolute atomic E-state index is 14.5. The molecule has 138 valence electrons. The standard InChI is InChI=1S/C18H21FN4O3/c1-3-20-13(2)21-11-15-12-23(18(24)26-15)14-4-5-17(16(19)10-14)22-6-8-25-9-7-22/h1,4-5,10,15H,6-9,11-12H2,2H3,(H,20,21)/t15-/m0/s1. The van der Waals surface area contributed by atoms with Gasteiger partial charge in [-0.25, -0.2) is 9.18 Å². The van der Waals surface area contributed by atoms with Gasteiger partial charge >= 0.3 is 6.09 Å². The van der Waals surface area contributed by atoms with Crippen LogP contribution in [-0.4, -0.2) is 57.4 Å². The molecule has 2 heterocycles. The predicted molar refractivity (Wildman–Crippen MR) is 97.0 cm³/mol. The molecule has 0 unspecified atom stereocenters. The van der Waals surface area contributed by atoms with E-state index in [9.17, 15) is 9.18 Å². The summed E-state index contributed by atoms with van der Waals surface area (Å²) in [5.74, 6) is 0.207. The van der Waals surface area contributed by atoms with Gasteiger partial charge in [0.1, 0.15) is 17.8 Å². The molecule has 1 aromatic carbocycles. The van der Waals surface area contributed by atoms with E-state index >= 15 is 0 Å². The van der Waals surface area contributed by atoms with E-state index in [1.165, 1.54) is 11.0 Å². The third-order valence-corrected chi connectivity index (χ3v) is 4.29. The highest BCUT2D eigenvalue weighted by atomic mass is 19.1. The van der Waals surface area contributed by atoms with Gasteiger partial charge in [0.15, 0.2) is 0 Å². The van der Waals surface area contributed by atoms with Gasteiger partial charge < -0.3 is 19.7 Å². The van der Waals surface area contributed by atoms with Crippen molar-refractivity contribution in [1.29, 1.82) is 0 Å². The lowest BCUT2D eigenvalue weighted by molar-refractivity contribution is 0.122. The maximum Gasteiger partial charge on any atom is 0.414 e. The number of cyclic esters (lactones) is 1. The summed E-state index contributed by atoms with van der Waals surface area (Å²) in [5.41, 5.74) is 0.991. The number of hydrogen-bond donors (Lipinski definition) is 1. The summed E-state index contributed by atoms with van der Waals surface area (Å²) in [6.45, 7) is 4.89. The third-order valence-electron chi connectivity index (χ3n) is 4.29. The van der Waals surface area contributed by atoms with Crippen molar-refractivity contribution in [3.05, 3.63) is 24.0 Å². The Morgan fingerprint density at radius 1 is 1.46 bits per heavy atom. The number of amides is 1. The number of ether oxygens (including phenoxy) is 2. The monoisotopic (exact) mass is 360 g/mol. The molecule has 0 spiro atoms. The molecule has 8 heteroatoms. The van der Waals surface area contributed by atoms with Crippen LogP contribution >= 0.6 is 0 Å². The molecule has 2 saturated heterocycles. The Morgan fingerprint density at radius 3 is 2.92 bits per heavy atom. The first-order valence-corrected chi connectivity index (χ1v) is 8.42. The highest BCUT2D eigenvalue weighted by Crippen LogP contribution is 2.28. The van der Waals surface area contributed by atoms with Gasteiger partial charge in [-0.05, 0) is 25.1 Å². The van der Waals surface area contributed by atoms with Crippen molar-refractivity contribution in [2.45, 2.75) is 13.0 Å². The first kappa shape index (κ1) is 18.0. The molecule has 1 atom stereocenters. The second kappa shape index (κ2) is 8.06. The molecule has 2 aliphatic heterocycles. The highest BCUT2D eigenvalue weighted by Gasteiger charge is 2.32. The Hall–Kier alpha value is -2.79. The predicted octanol–water partition coefficient (Wildman–Crippen LogP) is 1.59. The van der Waals surface area contributed by atoms with E-state index in [0.717, 1.165) is 0 Å². The van der Waals surface area contributed by atoms with E-state index in [2.05, 4.69) is 16.4 Å². The van der Waals surface area contributed by atoms with Crippen LogP contribution in [0.15, 0.2) is 23.2 Å². The van der Waals surface area contributed by atoms with Crippen molar-refractivity contribution in [2.24, 2.45) is 4.99 Å². The summed E-state index contributed by atoms with van der Waals surface area (Å²) in [4.78, 5) is 19.2. The first-order valence-electron chi connectivity index (χ1n) is 8.42. The molecule has 1 N–H and O–H groups in total. The third kappa shape index (κ3) is 4.06. The van der Waals surface area contributed by atoms with Gasteiger partial charge in [-0.2, -0.15) is 4.99 Å². The molecule has 1 amide bonds. The number of terminal acetylenes is 1. The molecule has 7 nitrogen and oxygen atoms in total. The maximum atomic E-state index is 14.5. The number of nitrogens with zero attached hydrogens (tertiary/aromatic N) is 3. The zero-order chi connectivity index (χ0) is 18.5. The van der Waals surface area contributed by atoms with Crippen molar-refractivity contribution in [3.63, 3.8) is 0 Å². The van der Waals surface area contributed by atoms with Crippen LogP contribution in [0.2, 0.25) is 0 Å². The van der Waals surface area contributed by atoms with E-state index in [1.807, 2.05) is 4.90 Å². The summed E-state index contributed by atoms with van der Waals surface area (Å²) in [5, 5.41) is 2.99. The lowest BCUT2D eigenvalue weighted by Crippen LogP contribution is -2.36. The molecule has 3 rings (SSSR count). The number of nitrogens with one attached hydrogen (secondary N) is 1. The Morgan fingerprint density at radius 2 is 2.23 bits per heavy atom. The fraction of sp³-hybridized carbons (Fsp3) is 0.444. The number of hydrogen-bond acceptors (Lipinski definition) is 5. The van der Waals surface area contributed by atoms with E-state index in [4.69, 9.17) is 15.9 Å². The van der Waals surface area contributed by atoms with Gasteiger partial charge in [-0.1, -0.05) is 6.42 Å². The van der Waals surface area contributed by atoms with E-state index in [1.54, 1.807) is 19.1 Å². The fourth-order valence-corrected chi connectivity index (χ4v) is 2.96. The molecule has 0 aliphatic carbocycles. The summed E-state index contributed by atoms with van der Waals surface area (Å²) in [7, 11) is 0. The summed E-state index contributed by atoms with van der Waals surface area (Å²) < 4.78 is 25.1. The number of anilines is 2. The van der Waals surface area contributed by atoms with E-state index in [0.29, 0.717) is 56.6 Å². The topological polar surface area (TPSA) is 66.4 Å². The molecular formula is C18H21FN4O3. The number of rotatable bonds is 4. The molecule has 0 saturated carbocycles. The molecular weight excluding hydrogens is 339 g/mol. The lowest BCUT2D eigenvalue weighted by atomic mass is 10.2. The molecule has 2 fully saturated rings. The van der Waals surface area contributed by atoms with Crippen molar-refractivity contribution < 1.29 is 18.7 Å². The SMILES string of the molecule is C#CN=C(C)NC[C@H]1CN(c2ccc(N3CCOCC3)c(F)c2)C(=O)O1. The Balaban J connectivity index is 1.65. The molecule has 26 heavy (non-hydrogen) atoms. The van der Waals surface area contributed by atoms with Crippen molar-refractivity contribution in [1.82, 2.24) is 5.32 Å².